The Balaban J connectivity index is 2.79. The number of esters is 3. The Morgan fingerprint density at radius 3 is 1.52 bits per heavy atom. The van der Waals surface area contributed by atoms with Crippen LogP contribution in [-0.4, -0.2) is 89.2 Å². The van der Waals surface area contributed by atoms with Gasteiger partial charge in [0.15, 0.2) is 24.6 Å². The molecule has 1 saturated heterocycles. The van der Waals surface area contributed by atoms with Crippen molar-refractivity contribution in [3.63, 3.8) is 0 Å². The minimum absolute atomic E-state index is 0.148. The van der Waals surface area contributed by atoms with Gasteiger partial charge in [0.1, 0.15) is 18.8 Å². The van der Waals surface area contributed by atoms with Crippen molar-refractivity contribution in [2.75, 3.05) is 13.2 Å². The number of aliphatic carboxylic acids is 1. The van der Waals surface area contributed by atoms with Gasteiger partial charge in [0.25, 0.3) is 0 Å². The molecule has 1 aliphatic heterocycles. The Hall–Kier alpha value is -4.10. The molecule has 0 aromatic heterocycles. The highest BCUT2D eigenvalue weighted by molar-refractivity contribution is 5.74. The summed E-state index contributed by atoms with van der Waals surface area (Å²) in [7, 11) is 0. The first-order valence-corrected chi connectivity index (χ1v) is 26.6. The summed E-state index contributed by atoms with van der Waals surface area (Å²) < 4.78 is 28.1. The van der Waals surface area contributed by atoms with Crippen molar-refractivity contribution in [3.05, 3.63) is 85.1 Å². The Labute approximate surface area is 416 Å². The smallest absolute Gasteiger partial charge is 0.335 e. The summed E-state index contributed by atoms with van der Waals surface area (Å²) >= 11 is 0. The van der Waals surface area contributed by atoms with Gasteiger partial charge in [-0.3, -0.25) is 14.4 Å². The van der Waals surface area contributed by atoms with Gasteiger partial charge >= 0.3 is 23.9 Å². The second-order valence-corrected chi connectivity index (χ2v) is 17.8. The molecule has 1 fully saturated rings. The van der Waals surface area contributed by atoms with E-state index in [1.54, 1.807) is 12.2 Å². The van der Waals surface area contributed by atoms with Gasteiger partial charge in [-0.1, -0.05) is 196 Å². The van der Waals surface area contributed by atoms with Crippen LogP contribution in [0, 0.1) is 0 Å². The lowest BCUT2D eigenvalue weighted by Crippen LogP contribution is -2.61. The number of aliphatic hydroxyl groups excluding tert-OH is 2. The molecule has 0 saturated carbocycles. The van der Waals surface area contributed by atoms with E-state index >= 15 is 0 Å². The van der Waals surface area contributed by atoms with Gasteiger partial charge in [0.05, 0.1) is 13.0 Å². The maximum atomic E-state index is 13.1. The zero-order chi connectivity index (χ0) is 50.4. The highest BCUT2D eigenvalue weighted by atomic mass is 16.7. The summed E-state index contributed by atoms with van der Waals surface area (Å²) in [6.45, 7) is 5.72. The fourth-order valence-corrected chi connectivity index (χ4v) is 7.42. The van der Waals surface area contributed by atoms with Gasteiger partial charge in [-0.2, -0.15) is 0 Å². The van der Waals surface area contributed by atoms with Crippen LogP contribution in [-0.2, 0) is 42.9 Å². The number of hydrogen-bond donors (Lipinski definition) is 3. The van der Waals surface area contributed by atoms with E-state index in [4.69, 9.17) is 23.7 Å². The number of carbonyl (C=O) groups is 4. The van der Waals surface area contributed by atoms with Crippen LogP contribution in [0.1, 0.15) is 201 Å². The largest absolute Gasteiger partial charge is 0.479 e. The van der Waals surface area contributed by atoms with Gasteiger partial charge in [-0.15, -0.1) is 0 Å². The SMILES string of the molecule is CC/C=C\C/C=C\C/C=C\C/C=C\C/C=C\CC(=O)OC1C(OCC(COC(=O)CCCCCCC/C=C\C/C=C\CCC)OC(=O)CCCCCCCCCCCCC)OC(C(=O)O)C(O)C1O. The van der Waals surface area contributed by atoms with E-state index in [9.17, 15) is 34.5 Å². The average Bonchev–Trinajstić information content (AvgIpc) is 3.33. The number of unbranched alkanes of at least 4 members (excludes halogenated alkanes) is 16. The molecule has 1 aliphatic rings. The van der Waals surface area contributed by atoms with Crippen LogP contribution in [0.25, 0.3) is 0 Å². The van der Waals surface area contributed by atoms with Gasteiger partial charge in [0, 0.05) is 12.8 Å². The fourth-order valence-electron chi connectivity index (χ4n) is 7.42. The summed E-state index contributed by atoms with van der Waals surface area (Å²) in [5, 5.41) is 31.3. The van der Waals surface area contributed by atoms with E-state index in [0.29, 0.717) is 19.3 Å². The molecule has 12 nitrogen and oxygen atoms in total. The molecule has 0 spiro atoms. The summed E-state index contributed by atoms with van der Waals surface area (Å²) in [6, 6.07) is 0. The van der Waals surface area contributed by atoms with Crippen LogP contribution in [0.2, 0.25) is 0 Å². The molecule has 6 unspecified atom stereocenters. The van der Waals surface area contributed by atoms with E-state index in [0.717, 1.165) is 96.3 Å². The van der Waals surface area contributed by atoms with Gasteiger partial charge in [-0.05, 0) is 70.6 Å². The molecular formula is C57H92O12. The van der Waals surface area contributed by atoms with Gasteiger partial charge in [-0.25, -0.2) is 4.79 Å². The predicted octanol–water partition coefficient (Wildman–Crippen LogP) is 12.8. The highest BCUT2D eigenvalue weighted by Crippen LogP contribution is 2.26. The molecular weight excluding hydrogens is 877 g/mol. The Kier molecular flexibility index (Phi) is 41.1. The number of aliphatic hydroxyl groups is 2. The number of carbonyl (C=O) groups excluding carboxylic acids is 3. The number of carboxylic acids is 1. The van der Waals surface area contributed by atoms with E-state index in [1.807, 2.05) is 12.2 Å². The fraction of sp³-hybridized carbons (Fsp3) is 0.684. The maximum absolute atomic E-state index is 13.1. The summed E-state index contributed by atoms with van der Waals surface area (Å²) in [5.74, 6) is -3.31. The average molecular weight is 969 g/mol. The highest BCUT2D eigenvalue weighted by Gasteiger charge is 2.50. The molecule has 1 heterocycles. The molecule has 1 rings (SSSR count). The molecule has 12 heteroatoms. The second-order valence-electron chi connectivity index (χ2n) is 17.8. The monoisotopic (exact) mass is 969 g/mol. The topological polar surface area (TPSA) is 175 Å². The minimum Gasteiger partial charge on any atom is -0.479 e. The van der Waals surface area contributed by atoms with Crippen LogP contribution in [0.3, 0.4) is 0 Å². The van der Waals surface area contributed by atoms with Crippen LogP contribution in [0.5, 0.6) is 0 Å². The molecule has 0 aliphatic carbocycles. The van der Waals surface area contributed by atoms with Crippen molar-refractivity contribution >= 4 is 23.9 Å². The zero-order valence-corrected chi connectivity index (χ0v) is 42.8. The van der Waals surface area contributed by atoms with E-state index in [-0.39, 0.29) is 25.9 Å². The molecule has 0 bridgehead atoms. The first-order valence-electron chi connectivity index (χ1n) is 26.6. The maximum Gasteiger partial charge on any atom is 0.335 e. The van der Waals surface area contributed by atoms with E-state index in [1.165, 1.54) is 44.9 Å². The van der Waals surface area contributed by atoms with Crippen LogP contribution < -0.4 is 0 Å². The van der Waals surface area contributed by atoms with Crippen molar-refractivity contribution in [1.82, 2.24) is 0 Å². The molecule has 6 atom stereocenters. The zero-order valence-electron chi connectivity index (χ0n) is 42.8. The van der Waals surface area contributed by atoms with Crippen molar-refractivity contribution < 1.29 is 58.2 Å². The Bertz CT molecular complexity index is 1530. The first-order chi connectivity index (χ1) is 33.6. The quantitative estimate of drug-likeness (QED) is 0.0229. The van der Waals surface area contributed by atoms with Gasteiger partial charge < -0.3 is 39.0 Å². The van der Waals surface area contributed by atoms with E-state index < -0.39 is 67.3 Å². The van der Waals surface area contributed by atoms with Crippen LogP contribution >= 0.6 is 0 Å². The van der Waals surface area contributed by atoms with Crippen molar-refractivity contribution in [1.29, 1.82) is 0 Å². The van der Waals surface area contributed by atoms with Gasteiger partial charge in [0.2, 0.25) is 0 Å². The van der Waals surface area contributed by atoms with Crippen LogP contribution in [0.4, 0.5) is 0 Å². The number of ether oxygens (including phenoxy) is 5. The van der Waals surface area contributed by atoms with Crippen LogP contribution in [0.15, 0.2) is 85.1 Å². The first kappa shape index (κ1) is 62.9. The van der Waals surface area contributed by atoms with Crippen molar-refractivity contribution in [2.24, 2.45) is 0 Å². The number of carboxylic acid groups (broad SMARTS) is 1. The number of rotatable bonds is 43. The third-order valence-corrected chi connectivity index (χ3v) is 11.5. The predicted molar refractivity (Wildman–Crippen MR) is 275 cm³/mol. The minimum atomic E-state index is -1.94. The molecule has 0 radical (unpaired) electrons. The third-order valence-electron chi connectivity index (χ3n) is 11.5. The standard InChI is InChI=1S/C57H92O12/c1-4-7-10-13-16-19-22-24-25-27-30-33-36-39-42-45-51(60)68-55-53(62)52(61)54(56(63)64)69-57(55)66-47-48(67-50(59)44-41-38-35-32-28-21-18-15-12-9-6-3)46-65-49(58)43-40-37-34-31-29-26-23-20-17-14-11-8-5-2/h7,10-11,14,16,19-20,23-25,30,33,39,42,48,52-55,57,61-62H,4-6,8-9,12-13,15,17-18,21-22,26-29,31-32,34-38,40-41,43-47H2,1-3H3,(H,63,64)/b10-7-,14-11-,19-16-,23-20-,25-24-,33-30-,42-39-. The lowest BCUT2D eigenvalue weighted by Gasteiger charge is -2.40. The number of allylic oxidation sites excluding steroid dienone is 13. The lowest BCUT2D eigenvalue weighted by molar-refractivity contribution is -0.301. The Morgan fingerprint density at radius 2 is 0.986 bits per heavy atom. The lowest BCUT2D eigenvalue weighted by atomic mass is 9.98. The number of hydrogen-bond acceptors (Lipinski definition) is 11. The summed E-state index contributed by atoms with van der Waals surface area (Å²) in [4.78, 5) is 50.8. The van der Waals surface area contributed by atoms with Crippen molar-refractivity contribution in [2.45, 2.75) is 237 Å². The summed E-state index contributed by atoms with van der Waals surface area (Å²) in [5.41, 5.74) is 0. The molecule has 3 N–H and O–H groups in total. The molecule has 0 amide bonds. The molecule has 0 aromatic rings. The normalized spacial score (nSPS) is 19.3. The third kappa shape index (κ3) is 35.6. The second kappa shape index (κ2) is 45.1. The molecule has 392 valence electrons. The van der Waals surface area contributed by atoms with Crippen molar-refractivity contribution in [3.8, 4) is 0 Å². The summed E-state index contributed by atoms with van der Waals surface area (Å²) in [6.07, 6.45) is 44.5. The molecule has 69 heavy (non-hydrogen) atoms. The van der Waals surface area contributed by atoms with E-state index in [2.05, 4.69) is 81.5 Å². The Morgan fingerprint density at radius 1 is 0.507 bits per heavy atom. The molecule has 0 aromatic carbocycles.